The largest absolute Gasteiger partial charge is 0.465 e. The van der Waals surface area contributed by atoms with Crippen LogP contribution in [0.1, 0.15) is 251 Å². The number of carbonyl (C=O) groups is 2. The van der Waals surface area contributed by atoms with E-state index in [9.17, 15) is 14.7 Å². The molecule has 55 heavy (non-hydrogen) atoms. The highest BCUT2D eigenvalue weighted by Crippen LogP contribution is 2.22. The van der Waals surface area contributed by atoms with E-state index in [0.717, 1.165) is 69.8 Å². The summed E-state index contributed by atoms with van der Waals surface area (Å²) in [6.45, 7) is 8.30. The van der Waals surface area contributed by atoms with Crippen molar-refractivity contribution in [3.63, 3.8) is 0 Å². The zero-order chi connectivity index (χ0) is 39.9. The Morgan fingerprint density at radius 3 is 1.40 bits per heavy atom. The third-order valence-corrected chi connectivity index (χ3v) is 11.6. The average molecular weight is 770 g/mol. The van der Waals surface area contributed by atoms with Crippen molar-refractivity contribution < 1.29 is 19.4 Å². The molecule has 0 aliphatic carbocycles. The lowest BCUT2D eigenvalue weighted by Gasteiger charge is -2.26. The molecular formula is C50H91NO4. The lowest BCUT2D eigenvalue weighted by atomic mass is 9.94. The Bertz CT molecular complexity index is 968. The molecule has 2 atom stereocenters. The lowest BCUT2D eigenvalue weighted by molar-refractivity contribution is -0.149. The molecule has 0 heterocycles. The van der Waals surface area contributed by atoms with Gasteiger partial charge in [-0.1, -0.05) is 224 Å². The van der Waals surface area contributed by atoms with E-state index in [-0.39, 0.29) is 17.8 Å². The standard InChI is InChI=1S/C50H91NO4/c1-4-7-10-13-15-16-17-18-19-20-21-22-24-27-35-42-49(53)51(45-48(52)46-38-33-30-34-39-46)43-36-28-29-37-44-55-50(54)47(40-31-25-12-9-6-3)41-32-26-23-14-11-8-5-2/h30,33-34,38-39,47-48,52H,4-29,31-32,35-37,40-45H2,1-3H3. The fraction of sp³-hybridized carbons (Fsp3) is 0.840. The minimum atomic E-state index is -0.675. The van der Waals surface area contributed by atoms with Crippen molar-refractivity contribution in [2.75, 3.05) is 19.7 Å². The monoisotopic (exact) mass is 770 g/mol. The first-order chi connectivity index (χ1) is 27.0. The molecule has 0 saturated carbocycles. The molecule has 1 N–H and O–H groups in total. The number of rotatable bonds is 41. The van der Waals surface area contributed by atoms with Crippen LogP contribution in [0.5, 0.6) is 0 Å². The fourth-order valence-electron chi connectivity index (χ4n) is 7.88. The highest BCUT2D eigenvalue weighted by Gasteiger charge is 2.20. The van der Waals surface area contributed by atoms with Crippen LogP contribution < -0.4 is 0 Å². The number of ether oxygens (including phenoxy) is 1. The van der Waals surface area contributed by atoms with E-state index in [1.54, 1.807) is 0 Å². The molecule has 0 spiro atoms. The van der Waals surface area contributed by atoms with Gasteiger partial charge in [0.15, 0.2) is 0 Å². The smallest absolute Gasteiger partial charge is 0.308 e. The first-order valence-corrected chi connectivity index (χ1v) is 24.2. The summed E-state index contributed by atoms with van der Waals surface area (Å²) in [7, 11) is 0. The normalized spacial score (nSPS) is 12.5. The molecule has 5 heteroatoms. The summed E-state index contributed by atoms with van der Waals surface area (Å²) < 4.78 is 5.84. The van der Waals surface area contributed by atoms with Crippen LogP contribution >= 0.6 is 0 Å². The van der Waals surface area contributed by atoms with E-state index < -0.39 is 6.10 Å². The van der Waals surface area contributed by atoms with Crippen molar-refractivity contribution in [2.45, 2.75) is 245 Å². The van der Waals surface area contributed by atoms with Gasteiger partial charge in [-0.2, -0.15) is 0 Å². The Hall–Kier alpha value is -1.88. The van der Waals surface area contributed by atoms with Crippen LogP contribution in [0, 0.1) is 5.92 Å². The molecule has 0 aromatic heterocycles. The summed E-state index contributed by atoms with van der Waals surface area (Å²) in [5.74, 6) is 0.240. The Balaban J connectivity index is 2.37. The molecule has 0 fully saturated rings. The molecule has 5 nitrogen and oxygen atoms in total. The topological polar surface area (TPSA) is 66.8 Å². The highest BCUT2D eigenvalue weighted by atomic mass is 16.5. The Morgan fingerprint density at radius 2 is 0.927 bits per heavy atom. The number of carbonyl (C=O) groups excluding carboxylic acids is 2. The number of hydrogen-bond acceptors (Lipinski definition) is 4. The minimum absolute atomic E-state index is 0.0203. The summed E-state index contributed by atoms with van der Waals surface area (Å²) in [4.78, 5) is 28.4. The van der Waals surface area contributed by atoms with E-state index in [4.69, 9.17) is 4.74 Å². The first-order valence-electron chi connectivity index (χ1n) is 24.2. The van der Waals surface area contributed by atoms with Crippen LogP contribution in [-0.4, -0.2) is 41.6 Å². The van der Waals surface area contributed by atoms with E-state index in [0.29, 0.717) is 26.1 Å². The van der Waals surface area contributed by atoms with Gasteiger partial charge in [-0.3, -0.25) is 9.59 Å². The molecule has 1 aromatic carbocycles. The molecule has 0 radical (unpaired) electrons. The maximum Gasteiger partial charge on any atom is 0.308 e. The van der Waals surface area contributed by atoms with Gasteiger partial charge < -0.3 is 14.7 Å². The van der Waals surface area contributed by atoms with Crippen molar-refractivity contribution in [3.05, 3.63) is 35.9 Å². The Labute approximate surface area is 341 Å². The third-order valence-electron chi connectivity index (χ3n) is 11.6. The number of aliphatic hydroxyl groups excluding tert-OH is 1. The summed E-state index contributed by atoms with van der Waals surface area (Å²) in [5.41, 5.74) is 0.861. The second-order valence-corrected chi connectivity index (χ2v) is 16.9. The predicted octanol–water partition coefficient (Wildman–Crippen LogP) is 15.0. The molecule has 0 aliphatic rings. The van der Waals surface area contributed by atoms with Crippen molar-refractivity contribution in [1.29, 1.82) is 0 Å². The van der Waals surface area contributed by atoms with Crippen LogP contribution in [0.3, 0.4) is 0 Å². The van der Waals surface area contributed by atoms with Gasteiger partial charge in [0.25, 0.3) is 0 Å². The maximum absolute atomic E-state index is 13.4. The Kier molecular flexibility index (Phi) is 36.2. The molecule has 320 valence electrons. The van der Waals surface area contributed by atoms with E-state index >= 15 is 0 Å². The number of amides is 1. The van der Waals surface area contributed by atoms with Gasteiger partial charge in [0.1, 0.15) is 0 Å². The van der Waals surface area contributed by atoms with Crippen molar-refractivity contribution in [2.24, 2.45) is 5.92 Å². The number of unbranched alkanes of at least 4 members (excludes halogenated alkanes) is 27. The second kappa shape index (κ2) is 39.0. The van der Waals surface area contributed by atoms with Crippen molar-refractivity contribution in [3.8, 4) is 0 Å². The molecule has 1 aromatic rings. The predicted molar refractivity (Wildman–Crippen MR) is 236 cm³/mol. The van der Waals surface area contributed by atoms with Gasteiger partial charge in [-0.25, -0.2) is 0 Å². The van der Waals surface area contributed by atoms with Crippen LogP contribution in [0.25, 0.3) is 0 Å². The number of benzene rings is 1. The number of aliphatic hydroxyl groups is 1. The highest BCUT2D eigenvalue weighted by molar-refractivity contribution is 5.76. The molecule has 1 amide bonds. The van der Waals surface area contributed by atoms with Gasteiger partial charge >= 0.3 is 5.97 Å². The van der Waals surface area contributed by atoms with Gasteiger partial charge in [0, 0.05) is 13.0 Å². The number of nitrogens with zero attached hydrogens (tertiary/aromatic N) is 1. The quantitative estimate of drug-likeness (QED) is 0.0532. The SMILES string of the molecule is CCCCCCCCCCCCCCCCCC(=O)N(CCCCCCOC(=O)C(CCCCCCC)CCCCCCCCC)CC(O)c1ccccc1. The minimum Gasteiger partial charge on any atom is -0.465 e. The number of hydrogen-bond donors (Lipinski definition) is 1. The second-order valence-electron chi connectivity index (χ2n) is 16.9. The summed E-state index contributed by atoms with van der Waals surface area (Å²) in [6.07, 6.45) is 40.3. The van der Waals surface area contributed by atoms with Gasteiger partial charge in [0.2, 0.25) is 5.91 Å². The molecule has 0 aliphatic heterocycles. The molecule has 0 bridgehead atoms. The molecule has 0 saturated heterocycles. The number of esters is 1. The zero-order valence-electron chi connectivity index (χ0n) is 36.8. The fourth-order valence-corrected chi connectivity index (χ4v) is 7.88. The zero-order valence-corrected chi connectivity index (χ0v) is 36.8. The van der Waals surface area contributed by atoms with Crippen molar-refractivity contribution in [1.82, 2.24) is 4.90 Å². The first kappa shape index (κ1) is 51.1. The summed E-state index contributed by atoms with van der Waals surface area (Å²) in [6, 6.07) is 9.72. The summed E-state index contributed by atoms with van der Waals surface area (Å²) >= 11 is 0. The molecular weight excluding hydrogens is 679 g/mol. The van der Waals surface area contributed by atoms with Crippen LogP contribution in [0.2, 0.25) is 0 Å². The Morgan fingerprint density at radius 1 is 0.527 bits per heavy atom. The van der Waals surface area contributed by atoms with Crippen LogP contribution in [0.15, 0.2) is 30.3 Å². The molecule has 1 rings (SSSR count). The van der Waals surface area contributed by atoms with Gasteiger partial charge in [-0.15, -0.1) is 0 Å². The van der Waals surface area contributed by atoms with E-state index in [1.165, 1.54) is 148 Å². The van der Waals surface area contributed by atoms with E-state index in [1.807, 2.05) is 35.2 Å². The van der Waals surface area contributed by atoms with Crippen LogP contribution in [0.4, 0.5) is 0 Å². The summed E-state index contributed by atoms with van der Waals surface area (Å²) in [5, 5.41) is 11.0. The average Bonchev–Trinajstić information content (AvgIpc) is 3.20. The lowest BCUT2D eigenvalue weighted by Crippen LogP contribution is -2.35. The molecule has 2 unspecified atom stereocenters. The van der Waals surface area contributed by atoms with E-state index in [2.05, 4.69) is 20.8 Å². The third kappa shape index (κ3) is 30.9. The maximum atomic E-state index is 13.4. The van der Waals surface area contributed by atoms with Crippen molar-refractivity contribution >= 4 is 11.9 Å². The van der Waals surface area contributed by atoms with Crippen LogP contribution in [-0.2, 0) is 14.3 Å². The van der Waals surface area contributed by atoms with Gasteiger partial charge in [0.05, 0.1) is 25.2 Å². The van der Waals surface area contributed by atoms with Gasteiger partial charge in [-0.05, 0) is 44.1 Å².